The van der Waals surface area contributed by atoms with Crippen LogP contribution in [0.3, 0.4) is 0 Å². The fraction of sp³-hybridized carbons (Fsp3) is 0.647. The Hall–Kier alpha value is -1.22. The highest BCUT2D eigenvalue weighted by Gasteiger charge is 2.34. The molecule has 1 aliphatic carbocycles. The maximum absolute atomic E-state index is 5.79. The summed E-state index contributed by atoms with van der Waals surface area (Å²) in [6.45, 7) is 7.58. The van der Waals surface area contributed by atoms with Gasteiger partial charge in [0, 0.05) is 36.9 Å². The van der Waals surface area contributed by atoms with Crippen molar-refractivity contribution >= 4 is 5.69 Å². The molecule has 1 saturated carbocycles. The highest BCUT2D eigenvalue weighted by Crippen LogP contribution is 2.30. The van der Waals surface area contributed by atoms with E-state index in [2.05, 4.69) is 42.3 Å². The summed E-state index contributed by atoms with van der Waals surface area (Å²) in [5, 5.41) is 3.66. The van der Waals surface area contributed by atoms with E-state index in [0.29, 0.717) is 12.0 Å². The number of rotatable bonds is 6. The maximum atomic E-state index is 5.79. The predicted molar refractivity (Wildman–Crippen MR) is 83.4 cm³/mol. The van der Waals surface area contributed by atoms with E-state index in [0.717, 1.165) is 18.4 Å². The van der Waals surface area contributed by atoms with Crippen LogP contribution >= 0.6 is 0 Å². The van der Waals surface area contributed by atoms with Crippen LogP contribution in [0.4, 0.5) is 5.69 Å². The van der Waals surface area contributed by atoms with E-state index in [-0.39, 0.29) is 0 Å². The fourth-order valence-corrected chi connectivity index (χ4v) is 2.85. The molecule has 1 saturated heterocycles. The van der Waals surface area contributed by atoms with Crippen LogP contribution in [0.5, 0.6) is 5.75 Å². The van der Waals surface area contributed by atoms with Crippen LogP contribution in [-0.4, -0.2) is 36.7 Å². The van der Waals surface area contributed by atoms with Crippen molar-refractivity contribution in [2.75, 3.05) is 25.0 Å². The third-order valence-corrected chi connectivity index (χ3v) is 4.07. The Balaban J connectivity index is 1.53. The summed E-state index contributed by atoms with van der Waals surface area (Å²) in [5.41, 5.74) is 1.19. The standard InChI is InChI=1S/C17H26N2O/c1-13(2)12-20-17-5-3-4-14(10-17)18-15-8-9-19(11-15)16-6-7-16/h3-5,10,13,15-16,18H,6-9,11-12H2,1-2H3. The zero-order valence-corrected chi connectivity index (χ0v) is 12.6. The Kier molecular flexibility index (Phi) is 4.16. The number of nitrogens with zero attached hydrogens (tertiary/aromatic N) is 1. The first-order valence-corrected chi connectivity index (χ1v) is 7.94. The molecule has 0 radical (unpaired) electrons. The van der Waals surface area contributed by atoms with E-state index < -0.39 is 0 Å². The second-order valence-electron chi connectivity index (χ2n) is 6.59. The molecule has 0 bridgehead atoms. The highest BCUT2D eigenvalue weighted by atomic mass is 16.5. The van der Waals surface area contributed by atoms with Crippen molar-refractivity contribution in [2.45, 2.75) is 45.2 Å². The number of hydrogen-bond donors (Lipinski definition) is 1. The molecule has 0 aromatic heterocycles. The summed E-state index contributed by atoms with van der Waals surface area (Å²) in [6.07, 6.45) is 4.07. The Morgan fingerprint density at radius 3 is 2.90 bits per heavy atom. The normalized spacial score (nSPS) is 23.2. The molecule has 2 aliphatic rings. The number of benzene rings is 1. The maximum Gasteiger partial charge on any atom is 0.121 e. The van der Waals surface area contributed by atoms with Crippen LogP contribution < -0.4 is 10.1 Å². The van der Waals surface area contributed by atoms with E-state index in [1.54, 1.807) is 0 Å². The lowest BCUT2D eigenvalue weighted by molar-refractivity contribution is 0.271. The third kappa shape index (κ3) is 3.66. The topological polar surface area (TPSA) is 24.5 Å². The van der Waals surface area contributed by atoms with Gasteiger partial charge in [-0.05, 0) is 37.3 Å². The van der Waals surface area contributed by atoms with Crippen LogP contribution in [0.15, 0.2) is 24.3 Å². The van der Waals surface area contributed by atoms with Crippen LogP contribution in [0, 0.1) is 5.92 Å². The molecule has 0 spiro atoms. The molecule has 2 fully saturated rings. The Bertz CT molecular complexity index is 442. The smallest absolute Gasteiger partial charge is 0.121 e. The van der Waals surface area contributed by atoms with E-state index in [9.17, 15) is 0 Å². The molecule has 3 heteroatoms. The first-order chi connectivity index (χ1) is 9.70. The van der Waals surface area contributed by atoms with E-state index in [1.165, 1.54) is 38.0 Å². The minimum absolute atomic E-state index is 0.563. The average Bonchev–Trinajstić information content (AvgIpc) is 3.18. The molecule has 110 valence electrons. The molecule has 1 N–H and O–H groups in total. The van der Waals surface area contributed by atoms with Gasteiger partial charge in [0.25, 0.3) is 0 Å². The van der Waals surface area contributed by atoms with Gasteiger partial charge in [0.1, 0.15) is 5.75 Å². The van der Waals surface area contributed by atoms with Gasteiger partial charge >= 0.3 is 0 Å². The molecular formula is C17H26N2O. The lowest BCUT2D eigenvalue weighted by Gasteiger charge is -2.17. The molecule has 0 amide bonds. The number of anilines is 1. The molecule has 3 nitrogen and oxygen atoms in total. The monoisotopic (exact) mass is 274 g/mol. The first kappa shape index (κ1) is 13.7. The van der Waals surface area contributed by atoms with Gasteiger partial charge in [-0.25, -0.2) is 0 Å². The molecule has 1 aliphatic heterocycles. The van der Waals surface area contributed by atoms with Crippen molar-refractivity contribution in [3.05, 3.63) is 24.3 Å². The Labute approximate surface area is 122 Å². The minimum Gasteiger partial charge on any atom is -0.493 e. The quantitative estimate of drug-likeness (QED) is 0.860. The number of ether oxygens (including phenoxy) is 1. The summed E-state index contributed by atoms with van der Waals surface area (Å²) in [4.78, 5) is 2.64. The van der Waals surface area contributed by atoms with E-state index >= 15 is 0 Å². The van der Waals surface area contributed by atoms with Gasteiger partial charge in [0.15, 0.2) is 0 Å². The minimum atomic E-state index is 0.563. The van der Waals surface area contributed by atoms with Gasteiger partial charge in [0.2, 0.25) is 0 Å². The third-order valence-electron chi connectivity index (χ3n) is 4.07. The van der Waals surface area contributed by atoms with Gasteiger partial charge in [-0.2, -0.15) is 0 Å². The van der Waals surface area contributed by atoms with Crippen LogP contribution in [-0.2, 0) is 0 Å². The van der Waals surface area contributed by atoms with Gasteiger partial charge in [-0.3, -0.25) is 4.90 Å². The van der Waals surface area contributed by atoms with Crippen molar-refractivity contribution in [2.24, 2.45) is 5.92 Å². The average molecular weight is 274 g/mol. The zero-order chi connectivity index (χ0) is 13.9. The SMILES string of the molecule is CC(C)COc1cccc(NC2CCN(C3CC3)C2)c1. The van der Waals surface area contributed by atoms with Crippen LogP contribution in [0.25, 0.3) is 0 Å². The van der Waals surface area contributed by atoms with Crippen molar-refractivity contribution in [1.82, 2.24) is 4.90 Å². The van der Waals surface area contributed by atoms with Gasteiger partial charge in [-0.1, -0.05) is 19.9 Å². The summed E-state index contributed by atoms with van der Waals surface area (Å²) >= 11 is 0. The summed E-state index contributed by atoms with van der Waals surface area (Å²) in [6, 6.07) is 9.87. The van der Waals surface area contributed by atoms with Crippen molar-refractivity contribution in [1.29, 1.82) is 0 Å². The van der Waals surface area contributed by atoms with Gasteiger partial charge in [-0.15, -0.1) is 0 Å². The summed E-state index contributed by atoms with van der Waals surface area (Å²) < 4.78 is 5.79. The summed E-state index contributed by atoms with van der Waals surface area (Å²) in [5.74, 6) is 1.54. The zero-order valence-electron chi connectivity index (χ0n) is 12.6. The Morgan fingerprint density at radius 1 is 1.30 bits per heavy atom. The number of hydrogen-bond acceptors (Lipinski definition) is 3. The van der Waals surface area contributed by atoms with Crippen molar-refractivity contribution in [3.8, 4) is 5.75 Å². The highest BCUT2D eigenvalue weighted by molar-refractivity contribution is 5.49. The largest absolute Gasteiger partial charge is 0.493 e. The molecular weight excluding hydrogens is 248 g/mol. The lowest BCUT2D eigenvalue weighted by Crippen LogP contribution is -2.27. The van der Waals surface area contributed by atoms with Gasteiger partial charge < -0.3 is 10.1 Å². The lowest BCUT2D eigenvalue weighted by atomic mass is 10.2. The van der Waals surface area contributed by atoms with Crippen molar-refractivity contribution in [3.63, 3.8) is 0 Å². The molecule has 3 rings (SSSR count). The van der Waals surface area contributed by atoms with Crippen LogP contribution in [0.1, 0.15) is 33.1 Å². The molecule has 1 atom stereocenters. The molecule has 1 unspecified atom stereocenters. The molecule has 1 aromatic carbocycles. The summed E-state index contributed by atoms with van der Waals surface area (Å²) in [7, 11) is 0. The predicted octanol–water partition coefficient (Wildman–Crippen LogP) is 3.37. The van der Waals surface area contributed by atoms with Gasteiger partial charge in [0.05, 0.1) is 6.61 Å². The van der Waals surface area contributed by atoms with E-state index in [4.69, 9.17) is 4.74 Å². The Morgan fingerprint density at radius 2 is 2.15 bits per heavy atom. The molecule has 20 heavy (non-hydrogen) atoms. The number of likely N-dealkylation sites (tertiary alicyclic amines) is 1. The van der Waals surface area contributed by atoms with E-state index in [1.807, 2.05) is 6.07 Å². The number of nitrogens with one attached hydrogen (secondary N) is 1. The van der Waals surface area contributed by atoms with Crippen LogP contribution in [0.2, 0.25) is 0 Å². The fourth-order valence-electron chi connectivity index (χ4n) is 2.85. The second-order valence-corrected chi connectivity index (χ2v) is 6.59. The second kappa shape index (κ2) is 6.04. The first-order valence-electron chi connectivity index (χ1n) is 7.94. The van der Waals surface area contributed by atoms with Crippen molar-refractivity contribution < 1.29 is 4.74 Å². The molecule has 1 heterocycles. The molecule has 1 aromatic rings.